The monoisotopic (exact) mass is 176 g/mol. The maximum atomic E-state index is 10.6. The van der Waals surface area contributed by atoms with Crippen LogP contribution < -0.4 is 0 Å². The summed E-state index contributed by atoms with van der Waals surface area (Å²) in [5.74, 6) is 0.218. The van der Waals surface area contributed by atoms with E-state index in [-0.39, 0.29) is 17.6 Å². The largest absolute Gasteiger partial charge is 0.395 e. The third-order valence-electron chi connectivity index (χ3n) is 1.30. The number of rotatable bonds is 5. The molecule has 0 heterocycles. The van der Waals surface area contributed by atoms with Crippen molar-refractivity contribution in [2.24, 2.45) is 0 Å². The van der Waals surface area contributed by atoms with Gasteiger partial charge in [0, 0.05) is 16.9 Å². The molecular formula is C8H16O2S. The van der Waals surface area contributed by atoms with Crippen molar-refractivity contribution in [1.29, 1.82) is 0 Å². The first-order valence-corrected chi connectivity index (χ1v) is 4.76. The topological polar surface area (TPSA) is 37.3 Å². The Morgan fingerprint density at radius 3 is 2.36 bits per heavy atom. The van der Waals surface area contributed by atoms with Crippen LogP contribution >= 0.6 is 11.8 Å². The van der Waals surface area contributed by atoms with Crippen LogP contribution in [-0.4, -0.2) is 28.0 Å². The number of aliphatic hydroxyl groups is 1. The normalized spacial score (nSPS) is 16.0. The number of aliphatic hydroxyl groups excluding tert-OH is 1. The van der Waals surface area contributed by atoms with Crippen LogP contribution in [0.3, 0.4) is 0 Å². The van der Waals surface area contributed by atoms with Gasteiger partial charge in [0.05, 0.1) is 6.61 Å². The highest BCUT2D eigenvalue weighted by atomic mass is 32.2. The van der Waals surface area contributed by atoms with Crippen LogP contribution in [0.1, 0.15) is 27.2 Å². The molecule has 0 aromatic carbocycles. The average Bonchev–Trinajstić information content (AvgIpc) is 1.85. The fraction of sp³-hybridized carbons (Fsp3) is 0.875. The maximum Gasteiger partial charge on any atom is 0.130 e. The lowest BCUT2D eigenvalue weighted by atomic mass is 10.2. The summed E-state index contributed by atoms with van der Waals surface area (Å²) in [6, 6.07) is 0. The third kappa shape index (κ3) is 6.38. The van der Waals surface area contributed by atoms with E-state index in [1.807, 2.05) is 13.8 Å². The van der Waals surface area contributed by atoms with Gasteiger partial charge in [-0.15, -0.1) is 0 Å². The van der Waals surface area contributed by atoms with Gasteiger partial charge in [-0.3, -0.25) is 4.79 Å². The van der Waals surface area contributed by atoms with Crippen molar-refractivity contribution in [3.63, 3.8) is 0 Å². The number of Topliss-reactive ketones (excluding diaryl/α,β-unsaturated/α-hetero) is 1. The van der Waals surface area contributed by atoms with E-state index < -0.39 is 0 Å². The molecule has 11 heavy (non-hydrogen) atoms. The van der Waals surface area contributed by atoms with Gasteiger partial charge in [0.1, 0.15) is 5.78 Å². The predicted octanol–water partition coefficient (Wildman–Crippen LogP) is 1.47. The van der Waals surface area contributed by atoms with Gasteiger partial charge in [-0.25, -0.2) is 0 Å². The van der Waals surface area contributed by atoms with Crippen molar-refractivity contribution in [2.45, 2.75) is 37.7 Å². The van der Waals surface area contributed by atoms with Gasteiger partial charge in [-0.05, 0) is 6.92 Å². The van der Waals surface area contributed by atoms with E-state index in [1.165, 1.54) is 0 Å². The number of thioether (sulfide) groups is 1. The Labute approximate surface area is 72.4 Å². The van der Waals surface area contributed by atoms with Crippen LogP contribution in [0.25, 0.3) is 0 Å². The SMILES string of the molecule is CC(=O)CC(C)SC(C)CO. The van der Waals surface area contributed by atoms with Crippen LogP contribution in [0.5, 0.6) is 0 Å². The van der Waals surface area contributed by atoms with E-state index >= 15 is 0 Å². The molecule has 66 valence electrons. The summed E-state index contributed by atoms with van der Waals surface area (Å²) in [6.45, 7) is 5.76. The zero-order valence-corrected chi connectivity index (χ0v) is 8.15. The van der Waals surface area contributed by atoms with Crippen LogP contribution in [0.15, 0.2) is 0 Å². The lowest BCUT2D eigenvalue weighted by molar-refractivity contribution is -0.116. The Morgan fingerprint density at radius 2 is 2.00 bits per heavy atom. The minimum atomic E-state index is 0.187. The number of hydrogen-bond donors (Lipinski definition) is 1. The third-order valence-corrected chi connectivity index (χ3v) is 2.54. The second kappa shape index (κ2) is 5.61. The number of carbonyl (C=O) groups is 1. The molecule has 0 aromatic rings. The summed E-state index contributed by atoms with van der Waals surface area (Å²) in [4.78, 5) is 10.6. The van der Waals surface area contributed by atoms with Crippen molar-refractivity contribution in [2.75, 3.05) is 6.61 Å². The molecule has 2 nitrogen and oxygen atoms in total. The fourth-order valence-corrected chi connectivity index (χ4v) is 2.10. The molecule has 0 aromatic heterocycles. The zero-order chi connectivity index (χ0) is 8.85. The summed E-state index contributed by atoms with van der Waals surface area (Å²) < 4.78 is 0. The Kier molecular flexibility index (Phi) is 5.60. The molecule has 0 aliphatic heterocycles. The first-order chi connectivity index (χ1) is 5.06. The summed E-state index contributed by atoms with van der Waals surface area (Å²) >= 11 is 1.66. The van der Waals surface area contributed by atoms with Gasteiger partial charge in [0.25, 0.3) is 0 Å². The van der Waals surface area contributed by atoms with Crippen LogP contribution in [0.2, 0.25) is 0 Å². The van der Waals surface area contributed by atoms with Crippen LogP contribution in [-0.2, 0) is 4.79 Å². The van der Waals surface area contributed by atoms with Crippen molar-refractivity contribution in [3.8, 4) is 0 Å². The molecule has 0 radical (unpaired) electrons. The van der Waals surface area contributed by atoms with E-state index in [9.17, 15) is 4.79 Å². The molecule has 0 amide bonds. The van der Waals surface area contributed by atoms with E-state index in [0.717, 1.165) is 0 Å². The molecule has 0 aliphatic rings. The highest BCUT2D eigenvalue weighted by Gasteiger charge is 2.09. The van der Waals surface area contributed by atoms with Gasteiger partial charge < -0.3 is 5.11 Å². The molecule has 0 saturated carbocycles. The smallest absolute Gasteiger partial charge is 0.130 e. The van der Waals surface area contributed by atoms with E-state index in [4.69, 9.17) is 5.11 Å². The number of hydrogen-bond acceptors (Lipinski definition) is 3. The molecule has 1 N–H and O–H groups in total. The van der Waals surface area contributed by atoms with Crippen molar-refractivity contribution in [1.82, 2.24) is 0 Å². The Morgan fingerprint density at radius 1 is 1.45 bits per heavy atom. The van der Waals surface area contributed by atoms with Crippen LogP contribution in [0, 0.1) is 0 Å². The van der Waals surface area contributed by atoms with Crippen molar-refractivity contribution < 1.29 is 9.90 Å². The highest BCUT2D eigenvalue weighted by Crippen LogP contribution is 2.19. The molecule has 0 spiro atoms. The lowest BCUT2D eigenvalue weighted by Gasteiger charge is -2.13. The second-order valence-corrected chi connectivity index (χ2v) is 4.73. The summed E-state index contributed by atoms with van der Waals surface area (Å²) in [7, 11) is 0. The average molecular weight is 176 g/mol. The van der Waals surface area contributed by atoms with Gasteiger partial charge in [0.2, 0.25) is 0 Å². The Bertz CT molecular complexity index is 125. The van der Waals surface area contributed by atoms with Gasteiger partial charge in [-0.1, -0.05) is 13.8 Å². The summed E-state index contributed by atoms with van der Waals surface area (Å²) in [5, 5.41) is 9.28. The minimum Gasteiger partial charge on any atom is -0.395 e. The quantitative estimate of drug-likeness (QED) is 0.689. The standard InChI is InChI=1S/C8H16O2S/c1-6(10)4-7(2)11-8(3)5-9/h7-9H,4-5H2,1-3H3. The number of ketones is 1. The molecule has 0 rings (SSSR count). The van der Waals surface area contributed by atoms with Crippen molar-refractivity contribution in [3.05, 3.63) is 0 Å². The molecular weight excluding hydrogens is 160 g/mol. The highest BCUT2D eigenvalue weighted by molar-refractivity contribution is 8.00. The molecule has 2 atom stereocenters. The van der Waals surface area contributed by atoms with E-state index in [0.29, 0.717) is 11.7 Å². The zero-order valence-electron chi connectivity index (χ0n) is 7.33. The van der Waals surface area contributed by atoms with Gasteiger partial charge >= 0.3 is 0 Å². The van der Waals surface area contributed by atoms with E-state index in [1.54, 1.807) is 18.7 Å². The van der Waals surface area contributed by atoms with Crippen LogP contribution in [0.4, 0.5) is 0 Å². The fourth-order valence-electron chi connectivity index (χ4n) is 0.893. The second-order valence-electron chi connectivity index (χ2n) is 2.85. The van der Waals surface area contributed by atoms with Gasteiger partial charge in [-0.2, -0.15) is 11.8 Å². The molecule has 0 bridgehead atoms. The summed E-state index contributed by atoms with van der Waals surface area (Å²) in [6.07, 6.45) is 0.606. The molecule has 0 aliphatic carbocycles. The minimum absolute atomic E-state index is 0.187. The van der Waals surface area contributed by atoms with Gasteiger partial charge in [0.15, 0.2) is 0 Å². The molecule has 0 saturated heterocycles. The first kappa shape index (κ1) is 11.0. The molecule has 0 fully saturated rings. The van der Waals surface area contributed by atoms with E-state index in [2.05, 4.69) is 0 Å². The predicted molar refractivity (Wildman–Crippen MR) is 48.9 cm³/mol. The Balaban J connectivity index is 3.51. The lowest BCUT2D eigenvalue weighted by Crippen LogP contribution is -2.11. The molecule has 3 heteroatoms. The summed E-state index contributed by atoms with van der Waals surface area (Å²) in [5.41, 5.74) is 0. The number of carbonyl (C=O) groups excluding carboxylic acids is 1. The van der Waals surface area contributed by atoms with Crippen molar-refractivity contribution >= 4 is 17.5 Å². The first-order valence-electron chi connectivity index (χ1n) is 3.82. The molecule has 2 unspecified atom stereocenters. The maximum absolute atomic E-state index is 10.6. The Hall–Kier alpha value is -0.0200.